The second-order valence-electron chi connectivity index (χ2n) is 6.52. The van der Waals surface area contributed by atoms with Crippen LogP contribution in [0, 0.1) is 0 Å². The number of nitrogens with two attached hydrogens (primary N) is 1. The van der Waals surface area contributed by atoms with E-state index in [1.54, 1.807) is 11.5 Å². The van der Waals surface area contributed by atoms with E-state index in [0.29, 0.717) is 17.6 Å². The van der Waals surface area contributed by atoms with Crippen LogP contribution in [0.1, 0.15) is 29.9 Å². The van der Waals surface area contributed by atoms with E-state index in [1.807, 2.05) is 0 Å². The number of fused-ring (bicyclic) bond motifs is 1. The molecule has 0 bridgehead atoms. The molecule has 2 N–H and O–H groups in total. The minimum absolute atomic E-state index is 0.0987. The number of carbonyl (C=O) groups excluding carboxylic acids is 1. The number of esters is 1. The van der Waals surface area contributed by atoms with Crippen molar-refractivity contribution in [2.24, 2.45) is 0 Å². The zero-order chi connectivity index (χ0) is 20.8. The molecule has 1 aliphatic heterocycles. The molecule has 1 aliphatic rings. The normalized spacial score (nSPS) is 22.1. The molecule has 3 aromatic rings. The van der Waals surface area contributed by atoms with Crippen molar-refractivity contribution in [3.05, 3.63) is 42.5 Å². The maximum Gasteiger partial charge on any atom is 0.338 e. The molecule has 4 rings (SSSR count). The van der Waals surface area contributed by atoms with Crippen LogP contribution in [0.2, 0.25) is 0 Å². The minimum Gasteiger partial charge on any atom is -0.456 e. The molecule has 152 valence electrons. The highest BCUT2D eigenvalue weighted by Crippen LogP contribution is 2.33. The van der Waals surface area contributed by atoms with Gasteiger partial charge < -0.3 is 15.2 Å². The Morgan fingerprint density at radius 3 is 2.69 bits per heavy atom. The van der Waals surface area contributed by atoms with Gasteiger partial charge in [-0.3, -0.25) is 4.57 Å². The number of carbonyl (C=O) groups is 1. The van der Waals surface area contributed by atoms with Crippen LogP contribution in [0.3, 0.4) is 0 Å². The fourth-order valence-electron chi connectivity index (χ4n) is 3.14. The summed E-state index contributed by atoms with van der Waals surface area (Å²) in [6.07, 6.45) is 1.76. The highest BCUT2D eigenvalue weighted by Gasteiger charge is 2.37. The molecule has 0 amide bonds. The summed E-state index contributed by atoms with van der Waals surface area (Å²) >= 11 is 0. The molecule has 1 unspecified atom stereocenters. The Morgan fingerprint density at radius 1 is 1.28 bits per heavy atom. The zero-order valence-corrected chi connectivity index (χ0v) is 15.9. The fourth-order valence-corrected chi connectivity index (χ4v) is 3.61. The molecular weight excluding hydrogens is 405 g/mol. The standard InChI is InChI=1S/C17H16FN5O5S/c1-9-12(28-17(24)10-2-4-11(5-3-10)29(18,25)26)6-13(27-9)23-8-22-14-15(19)20-7-21-16(14)23/h2-5,7-9,12-13H,6H2,1H3,(H2,19,20,21)/t9-,12?,13-/m1/s1. The van der Waals surface area contributed by atoms with Crippen LogP contribution in [0.25, 0.3) is 11.2 Å². The van der Waals surface area contributed by atoms with Gasteiger partial charge in [0.25, 0.3) is 0 Å². The molecule has 0 radical (unpaired) electrons. The van der Waals surface area contributed by atoms with Crippen molar-refractivity contribution >= 4 is 33.2 Å². The average Bonchev–Trinajstić information content (AvgIpc) is 3.26. The molecule has 0 saturated carbocycles. The smallest absolute Gasteiger partial charge is 0.338 e. The largest absolute Gasteiger partial charge is 0.456 e. The van der Waals surface area contributed by atoms with E-state index in [0.717, 1.165) is 12.1 Å². The van der Waals surface area contributed by atoms with Crippen LogP contribution in [0.5, 0.6) is 0 Å². The summed E-state index contributed by atoms with van der Waals surface area (Å²) in [4.78, 5) is 24.1. The monoisotopic (exact) mass is 421 g/mol. The second kappa shape index (κ2) is 7.04. The van der Waals surface area contributed by atoms with Gasteiger partial charge in [0.1, 0.15) is 24.2 Å². The third-order valence-electron chi connectivity index (χ3n) is 4.66. The molecule has 1 saturated heterocycles. The van der Waals surface area contributed by atoms with Gasteiger partial charge in [0.15, 0.2) is 11.5 Å². The summed E-state index contributed by atoms with van der Waals surface area (Å²) in [5.74, 6) is -0.419. The molecular formula is C17H16FN5O5S. The predicted molar refractivity (Wildman–Crippen MR) is 97.9 cm³/mol. The summed E-state index contributed by atoms with van der Waals surface area (Å²) in [6.45, 7) is 1.76. The molecule has 3 atom stereocenters. The minimum atomic E-state index is -4.83. The van der Waals surface area contributed by atoms with Crippen molar-refractivity contribution in [3.8, 4) is 0 Å². The Bertz CT molecular complexity index is 1180. The maximum absolute atomic E-state index is 13.0. The summed E-state index contributed by atoms with van der Waals surface area (Å²) in [5.41, 5.74) is 6.85. The molecule has 0 spiro atoms. The quantitative estimate of drug-likeness (QED) is 0.491. The first-order chi connectivity index (χ1) is 13.7. The van der Waals surface area contributed by atoms with E-state index in [1.165, 1.54) is 24.8 Å². The average molecular weight is 421 g/mol. The first kappa shape index (κ1) is 19.2. The molecule has 2 aromatic heterocycles. The van der Waals surface area contributed by atoms with Crippen molar-refractivity contribution in [2.75, 3.05) is 5.73 Å². The van der Waals surface area contributed by atoms with E-state index in [-0.39, 0.29) is 11.4 Å². The first-order valence-electron chi connectivity index (χ1n) is 8.58. The summed E-state index contributed by atoms with van der Waals surface area (Å²) in [5, 5.41) is 0. The number of aromatic nitrogens is 4. The number of halogens is 1. The number of rotatable bonds is 4. The van der Waals surface area contributed by atoms with E-state index < -0.39 is 39.5 Å². The summed E-state index contributed by atoms with van der Waals surface area (Å²) in [6, 6.07) is 4.39. The van der Waals surface area contributed by atoms with Crippen LogP contribution in [-0.2, 0) is 19.7 Å². The van der Waals surface area contributed by atoms with Crippen molar-refractivity contribution in [3.63, 3.8) is 0 Å². The van der Waals surface area contributed by atoms with Gasteiger partial charge in [-0.25, -0.2) is 19.7 Å². The topological polar surface area (TPSA) is 139 Å². The number of hydrogen-bond acceptors (Lipinski definition) is 9. The first-order valence-corrected chi connectivity index (χ1v) is 9.96. The van der Waals surface area contributed by atoms with Crippen molar-refractivity contribution in [1.29, 1.82) is 0 Å². The number of benzene rings is 1. The Morgan fingerprint density at radius 2 is 2.00 bits per heavy atom. The lowest BCUT2D eigenvalue weighted by Gasteiger charge is -2.14. The molecule has 29 heavy (non-hydrogen) atoms. The molecule has 3 heterocycles. The number of ether oxygens (including phenoxy) is 2. The van der Waals surface area contributed by atoms with Crippen LogP contribution < -0.4 is 5.73 Å². The van der Waals surface area contributed by atoms with Gasteiger partial charge in [-0.1, -0.05) is 0 Å². The summed E-state index contributed by atoms with van der Waals surface area (Å²) in [7, 11) is -4.83. The van der Waals surface area contributed by atoms with E-state index >= 15 is 0 Å². The van der Waals surface area contributed by atoms with E-state index in [2.05, 4.69) is 15.0 Å². The summed E-state index contributed by atoms with van der Waals surface area (Å²) < 4.78 is 47.8. The number of nitrogens with zero attached hydrogens (tertiary/aromatic N) is 4. The van der Waals surface area contributed by atoms with Gasteiger partial charge in [-0.15, -0.1) is 3.89 Å². The van der Waals surface area contributed by atoms with Crippen LogP contribution in [0.4, 0.5) is 9.70 Å². The second-order valence-corrected chi connectivity index (χ2v) is 7.87. The number of anilines is 1. The van der Waals surface area contributed by atoms with E-state index in [4.69, 9.17) is 15.2 Å². The lowest BCUT2D eigenvalue weighted by Crippen LogP contribution is -2.24. The number of nitrogen functional groups attached to an aromatic ring is 1. The van der Waals surface area contributed by atoms with Gasteiger partial charge in [-0.2, -0.15) is 8.42 Å². The molecule has 1 aromatic carbocycles. The third kappa shape index (κ3) is 3.63. The SMILES string of the molecule is C[C@H]1O[C@@H](n2cnc3c(N)ncnc32)CC1OC(=O)c1ccc(S(=O)(=O)F)cc1. The highest BCUT2D eigenvalue weighted by molar-refractivity contribution is 7.86. The lowest BCUT2D eigenvalue weighted by molar-refractivity contribution is -0.0184. The van der Waals surface area contributed by atoms with Gasteiger partial charge in [0.2, 0.25) is 0 Å². The molecule has 10 nitrogen and oxygen atoms in total. The maximum atomic E-state index is 13.0. The highest BCUT2D eigenvalue weighted by atomic mass is 32.3. The van der Waals surface area contributed by atoms with E-state index in [9.17, 15) is 17.1 Å². The van der Waals surface area contributed by atoms with Crippen LogP contribution in [0.15, 0.2) is 41.8 Å². The van der Waals surface area contributed by atoms with Gasteiger partial charge in [0.05, 0.1) is 22.9 Å². The molecule has 1 fully saturated rings. The Labute approximate surface area is 164 Å². The van der Waals surface area contributed by atoms with Crippen molar-refractivity contribution in [2.45, 2.75) is 36.7 Å². The van der Waals surface area contributed by atoms with Gasteiger partial charge >= 0.3 is 16.2 Å². The Hall–Kier alpha value is -3.12. The Kier molecular flexibility index (Phi) is 4.67. The van der Waals surface area contributed by atoms with Crippen molar-refractivity contribution < 1.29 is 26.6 Å². The fraction of sp³-hybridized carbons (Fsp3) is 0.294. The van der Waals surface area contributed by atoms with Gasteiger partial charge in [0, 0.05) is 6.42 Å². The molecule has 12 heteroatoms. The number of hydrogen-bond donors (Lipinski definition) is 1. The molecule has 0 aliphatic carbocycles. The number of imidazole rings is 1. The van der Waals surface area contributed by atoms with Crippen LogP contribution >= 0.6 is 0 Å². The zero-order valence-electron chi connectivity index (χ0n) is 15.1. The van der Waals surface area contributed by atoms with Crippen molar-refractivity contribution in [1.82, 2.24) is 19.5 Å². The van der Waals surface area contributed by atoms with Gasteiger partial charge in [-0.05, 0) is 31.2 Å². The van der Waals surface area contributed by atoms with Crippen LogP contribution in [-0.4, -0.2) is 46.1 Å². The predicted octanol–water partition coefficient (Wildman–Crippen LogP) is 1.60. The lowest BCUT2D eigenvalue weighted by atomic mass is 10.2. The Balaban J connectivity index is 1.49. The third-order valence-corrected chi connectivity index (χ3v) is 5.49.